The van der Waals surface area contributed by atoms with Crippen molar-refractivity contribution in [1.82, 2.24) is 5.32 Å². The van der Waals surface area contributed by atoms with Crippen LogP contribution in [0.25, 0.3) is 5.57 Å². The van der Waals surface area contributed by atoms with Crippen LogP contribution in [0.15, 0.2) is 65.4 Å². The molecule has 0 spiro atoms. The lowest BCUT2D eigenvalue weighted by molar-refractivity contribution is -0.495. The maximum atomic E-state index is 13.1. The van der Waals surface area contributed by atoms with Crippen LogP contribution in [0.5, 0.6) is 0 Å². The number of hydrogen-bond acceptors (Lipinski definition) is 7. The molecule has 278 valence electrons. The number of anilines is 1. The summed E-state index contributed by atoms with van der Waals surface area (Å²) in [7, 11) is -0.439. The molecule has 12 heteroatoms. The van der Waals surface area contributed by atoms with E-state index >= 15 is 0 Å². The molecule has 1 heterocycles. The first kappa shape index (κ1) is 40.7. The summed E-state index contributed by atoms with van der Waals surface area (Å²) in [6.45, 7) is 9.84. The molecule has 0 aromatic heterocycles. The molecule has 0 radical (unpaired) electrons. The number of unbranched alkanes of at least 4 members (excludes halogenated alkanes) is 3. The predicted octanol–water partition coefficient (Wildman–Crippen LogP) is 5.41. The molecule has 0 saturated heterocycles. The second-order valence-corrected chi connectivity index (χ2v) is 20.2. The molecular formula is C39H54ClN3O6SSi. The third-order valence-electron chi connectivity index (χ3n) is 9.57. The number of rotatable bonds is 19. The molecule has 0 fully saturated rings. The Hall–Kier alpha value is -3.06. The number of amides is 1. The molecule has 2 aliphatic rings. The van der Waals surface area contributed by atoms with Gasteiger partial charge >= 0.3 is 0 Å². The number of ether oxygens (including phenoxy) is 2. The summed E-state index contributed by atoms with van der Waals surface area (Å²) in [5.41, 5.74) is 8.31. The summed E-state index contributed by atoms with van der Waals surface area (Å²) in [4.78, 5) is 15.2. The van der Waals surface area contributed by atoms with E-state index in [1.54, 1.807) is 0 Å². The van der Waals surface area contributed by atoms with Gasteiger partial charge in [-0.3, -0.25) is 4.79 Å². The molecule has 2 aromatic rings. The molecule has 1 N–H and O–H groups in total. The average Bonchev–Trinajstić information content (AvgIpc) is 3.08. The SMILES string of the molecule is Cc1cc(C(=O)NCCOCCOCCCCCCCl)ccc1C1=C2C=C/C(=[N+](/C)CCCS(=O)(=O)[O-])C=C2[Si](C)(C)c2cc(N(C)C)ccc21. The number of halogens is 1. The van der Waals surface area contributed by atoms with Crippen molar-refractivity contribution in [2.24, 2.45) is 0 Å². The summed E-state index contributed by atoms with van der Waals surface area (Å²) < 4.78 is 46.9. The third kappa shape index (κ3) is 11.0. The van der Waals surface area contributed by atoms with Gasteiger partial charge in [0.15, 0.2) is 5.71 Å². The largest absolute Gasteiger partial charge is 0.748 e. The summed E-state index contributed by atoms with van der Waals surface area (Å²) >= 11 is 5.71. The van der Waals surface area contributed by atoms with Gasteiger partial charge in [0.25, 0.3) is 5.91 Å². The van der Waals surface area contributed by atoms with Crippen molar-refractivity contribution in [2.45, 2.75) is 52.1 Å². The molecule has 0 unspecified atom stereocenters. The number of carbonyl (C=O) groups excluding carboxylic acids is 1. The van der Waals surface area contributed by atoms with E-state index in [0.717, 1.165) is 60.4 Å². The lowest BCUT2D eigenvalue weighted by Gasteiger charge is -2.38. The van der Waals surface area contributed by atoms with Crippen molar-refractivity contribution < 1.29 is 31.8 Å². The highest BCUT2D eigenvalue weighted by molar-refractivity contribution is 7.85. The van der Waals surface area contributed by atoms with Crippen LogP contribution in [-0.4, -0.2) is 110 Å². The Kier molecular flexibility index (Phi) is 14.9. The molecule has 1 amide bonds. The van der Waals surface area contributed by atoms with E-state index in [4.69, 9.17) is 21.1 Å². The van der Waals surface area contributed by atoms with Crippen LogP contribution in [0.4, 0.5) is 5.69 Å². The number of carbonyl (C=O) groups is 1. The van der Waals surface area contributed by atoms with E-state index in [1.165, 1.54) is 21.5 Å². The summed E-state index contributed by atoms with van der Waals surface area (Å²) in [6, 6.07) is 12.6. The number of fused-ring (bicyclic) bond motifs is 2. The Morgan fingerprint density at radius 1 is 0.941 bits per heavy atom. The third-order valence-corrected chi connectivity index (χ3v) is 14.1. The fourth-order valence-electron chi connectivity index (χ4n) is 6.64. The number of aryl methyl sites for hydroxylation is 1. The van der Waals surface area contributed by atoms with Gasteiger partial charge < -0.3 is 24.2 Å². The maximum absolute atomic E-state index is 13.1. The number of hydrogen-bond donors (Lipinski definition) is 1. The second kappa shape index (κ2) is 18.6. The topological polar surface area (TPSA) is 111 Å². The Morgan fingerprint density at radius 2 is 1.65 bits per heavy atom. The lowest BCUT2D eigenvalue weighted by Crippen LogP contribution is -2.49. The maximum Gasteiger partial charge on any atom is 0.251 e. The van der Waals surface area contributed by atoms with Crippen LogP contribution in [0.3, 0.4) is 0 Å². The molecule has 0 saturated carbocycles. The minimum Gasteiger partial charge on any atom is -0.748 e. The lowest BCUT2D eigenvalue weighted by atomic mass is 9.87. The van der Waals surface area contributed by atoms with E-state index in [1.807, 2.05) is 23.8 Å². The van der Waals surface area contributed by atoms with Crippen molar-refractivity contribution in [3.05, 3.63) is 87.6 Å². The summed E-state index contributed by atoms with van der Waals surface area (Å²) in [5.74, 6) is 0.192. The molecule has 4 rings (SSSR count). The molecule has 1 aliphatic heterocycles. The van der Waals surface area contributed by atoms with Crippen molar-refractivity contribution >= 4 is 57.9 Å². The van der Waals surface area contributed by atoms with Gasteiger partial charge in [0.1, 0.15) is 21.7 Å². The minimum atomic E-state index is -4.26. The van der Waals surface area contributed by atoms with Gasteiger partial charge in [-0.25, -0.2) is 13.0 Å². The van der Waals surface area contributed by atoms with Crippen LogP contribution in [0.2, 0.25) is 13.1 Å². The highest BCUT2D eigenvalue weighted by Crippen LogP contribution is 2.42. The molecule has 9 nitrogen and oxygen atoms in total. The normalized spacial score (nSPS) is 16.0. The molecule has 51 heavy (non-hydrogen) atoms. The van der Waals surface area contributed by atoms with Crippen LogP contribution in [0, 0.1) is 6.92 Å². The summed E-state index contributed by atoms with van der Waals surface area (Å²) in [5, 5.41) is 5.60. The highest BCUT2D eigenvalue weighted by atomic mass is 35.5. The van der Waals surface area contributed by atoms with E-state index in [9.17, 15) is 17.8 Å². The van der Waals surface area contributed by atoms with Gasteiger partial charge in [-0.05, 0) is 88.3 Å². The van der Waals surface area contributed by atoms with Gasteiger partial charge in [-0.2, -0.15) is 0 Å². The zero-order valence-electron chi connectivity index (χ0n) is 31.0. The van der Waals surface area contributed by atoms with E-state index < -0.39 is 18.2 Å². The van der Waals surface area contributed by atoms with Gasteiger partial charge in [0.05, 0.1) is 29.9 Å². The van der Waals surface area contributed by atoms with Crippen LogP contribution in [-0.2, 0) is 19.6 Å². The van der Waals surface area contributed by atoms with Gasteiger partial charge in [-0.1, -0.05) is 38.1 Å². The fourth-order valence-corrected chi connectivity index (χ4v) is 10.4. The van der Waals surface area contributed by atoms with Crippen molar-refractivity contribution in [3.63, 3.8) is 0 Å². The monoisotopic (exact) mass is 755 g/mol. The van der Waals surface area contributed by atoms with Crippen molar-refractivity contribution in [2.75, 3.05) is 77.2 Å². The first-order valence-electron chi connectivity index (χ1n) is 17.8. The number of allylic oxidation sites excluding steroid dienone is 5. The first-order chi connectivity index (χ1) is 24.2. The second-order valence-electron chi connectivity index (χ2n) is 14.0. The molecule has 0 bridgehead atoms. The first-order valence-corrected chi connectivity index (χ1v) is 22.9. The predicted molar refractivity (Wildman–Crippen MR) is 211 cm³/mol. The standard InChI is InChI=1S/C39H54ClN3O6SSi/c1-29-26-30(39(44)41-19-22-49-24-23-48-21-10-8-7-9-18-40)12-15-33(29)38-34-16-13-31(42(2)3)27-36(34)51(5,6)37-28-32(14-17-35(37)38)43(4)20-11-25-50(45,46)47/h12-17,26-28H,7-11,18-25H2,1-6H3,(H-,41,44,45,46,47). The van der Waals surface area contributed by atoms with Crippen LogP contribution >= 0.6 is 11.6 Å². The van der Waals surface area contributed by atoms with Gasteiger partial charge in [-0.15, -0.1) is 11.6 Å². The number of nitrogens with one attached hydrogen (secondary N) is 1. The summed E-state index contributed by atoms with van der Waals surface area (Å²) in [6.07, 6.45) is 11.1. The van der Waals surface area contributed by atoms with Gasteiger partial charge in [0.2, 0.25) is 0 Å². The smallest absolute Gasteiger partial charge is 0.251 e. The Balaban J connectivity index is 1.52. The molecule has 1 aliphatic carbocycles. The Morgan fingerprint density at radius 3 is 2.33 bits per heavy atom. The van der Waals surface area contributed by atoms with Crippen LogP contribution in [0.1, 0.15) is 59.2 Å². The Bertz CT molecular complexity index is 1800. The van der Waals surface area contributed by atoms with Crippen molar-refractivity contribution in [3.8, 4) is 0 Å². The average molecular weight is 756 g/mol. The number of benzene rings is 2. The zero-order chi connectivity index (χ0) is 37.2. The number of nitrogens with zero attached hydrogens (tertiary/aromatic N) is 2. The highest BCUT2D eigenvalue weighted by Gasteiger charge is 2.40. The van der Waals surface area contributed by atoms with Gasteiger partial charge in [0, 0.05) is 68.7 Å². The van der Waals surface area contributed by atoms with E-state index in [-0.39, 0.29) is 18.1 Å². The Labute approximate surface area is 310 Å². The van der Waals surface area contributed by atoms with Crippen molar-refractivity contribution in [1.29, 1.82) is 0 Å². The zero-order valence-corrected chi connectivity index (χ0v) is 33.6. The fraction of sp³-hybridized carbons (Fsp3) is 0.487. The quantitative estimate of drug-likeness (QED) is 0.0672. The minimum absolute atomic E-state index is 0.141. The molecule has 0 atom stereocenters. The van der Waals surface area contributed by atoms with Crippen LogP contribution < -0.4 is 15.4 Å². The van der Waals surface area contributed by atoms with E-state index in [0.29, 0.717) is 44.4 Å². The molecule has 2 aromatic carbocycles. The number of alkyl halides is 1. The molecular weight excluding hydrogens is 702 g/mol. The van der Waals surface area contributed by atoms with E-state index in [2.05, 4.69) is 86.8 Å².